The molecule has 182 valence electrons. The van der Waals surface area contributed by atoms with Crippen LogP contribution in [-0.2, 0) is 9.59 Å². The molecule has 1 unspecified atom stereocenters. The summed E-state index contributed by atoms with van der Waals surface area (Å²) in [5, 5.41) is 10.4. The number of carboxylic acids is 1. The number of likely N-dealkylation sites (tertiary alicyclic amines) is 1. The largest absolute Gasteiger partial charge is 0.480 e. The maximum absolute atomic E-state index is 13.2. The second-order valence-corrected chi connectivity index (χ2v) is 10.6. The summed E-state index contributed by atoms with van der Waals surface area (Å²) >= 11 is 11.7. The molecule has 2 amide bonds. The number of benzene rings is 1. The van der Waals surface area contributed by atoms with E-state index >= 15 is 0 Å². The Balaban J connectivity index is 1.35. The average molecular weight is 514 g/mol. The molecule has 1 fully saturated rings. The number of fused-ring (bicyclic) bond motifs is 3. The van der Waals surface area contributed by atoms with Crippen molar-refractivity contribution in [3.05, 3.63) is 47.1 Å². The number of carboxylic acid groups (broad SMARTS) is 1. The maximum Gasteiger partial charge on any atom is 0.326 e. The quantitative estimate of drug-likeness (QED) is 0.482. The Morgan fingerprint density at radius 3 is 2.63 bits per heavy atom. The fraction of sp³-hybridized carbons (Fsp3) is 0.360. The monoisotopic (exact) mass is 513 g/mol. The van der Waals surface area contributed by atoms with E-state index in [0.29, 0.717) is 52.1 Å². The summed E-state index contributed by atoms with van der Waals surface area (Å²) in [4.78, 5) is 40.5. The zero-order chi connectivity index (χ0) is 25.1. The van der Waals surface area contributed by atoms with Crippen molar-refractivity contribution in [2.24, 2.45) is 5.41 Å². The number of carbonyl (C=O) groups excluding carboxylic acids is 2. The van der Waals surface area contributed by atoms with E-state index in [9.17, 15) is 19.5 Å². The van der Waals surface area contributed by atoms with Crippen LogP contribution in [0.4, 0.5) is 0 Å². The molecule has 10 heteroatoms. The number of thiocarbonyl (C=S) groups is 1. The number of furan rings is 1. The lowest BCUT2D eigenvalue weighted by Gasteiger charge is -2.32. The predicted molar refractivity (Wildman–Crippen MR) is 134 cm³/mol. The van der Waals surface area contributed by atoms with Crippen LogP contribution in [0.2, 0.25) is 5.02 Å². The van der Waals surface area contributed by atoms with E-state index in [2.05, 4.69) is 0 Å². The first-order valence-corrected chi connectivity index (χ1v) is 12.1. The lowest BCUT2D eigenvalue weighted by molar-refractivity contribution is -0.149. The molecule has 0 saturated carbocycles. The van der Waals surface area contributed by atoms with Crippen molar-refractivity contribution in [2.75, 3.05) is 13.1 Å². The predicted octanol–water partition coefficient (Wildman–Crippen LogP) is 4.64. The number of rotatable bonds is 6. The Morgan fingerprint density at radius 2 is 1.94 bits per heavy atom. The summed E-state index contributed by atoms with van der Waals surface area (Å²) in [6, 6.07) is 10.0. The molecule has 4 heterocycles. The number of hydrogen-bond donors (Lipinski definition) is 1. The first-order valence-electron chi connectivity index (χ1n) is 11.4. The van der Waals surface area contributed by atoms with Crippen LogP contribution < -0.4 is 0 Å². The number of carbonyl (C=O) groups is 3. The van der Waals surface area contributed by atoms with Gasteiger partial charge in [0.1, 0.15) is 17.5 Å². The second-order valence-electron chi connectivity index (χ2n) is 9.83. The third-order valence-electron chi connectivity index (χ3n) is 6.58. The highest BCUT2D eigenvalue weighted by atomic mass is 35.5. The normalized spacial score (nSPS) is 18.1. The number of aromatic nitrogens is 1. The molecule has 1 atom stereocenters. The highest BCUT2D eigenvalue weighted by Gasteiger charge is 2.41. The number of aliphatic carboxylic acids is 1. The van der Waals surface area contributed by atoms with Crippen LogP contribution in [0, 0.1) is 5.41 Å². The van der Waals surface area contributed by atoms with Crippen molar-refractivity contribution in [1.29, 1.82) is 0 Å². The van der Waals surface area contributed by atoms with Crippen LogP contribution in [0.5, 0.6) is 0 Å². The van der Waals surface area contributed by atoms with Crippen LogP contribution in [0.25, 0.3) is 22.4 Å². The van der Waals surface area contributed by atoms with Crippen molar-refractivity contribution in [3.8, 4) is 11.3 Å². The molecule has 2 aliphatic heterocycles. The highest BCUT2D eigenvalue weighted by molar-refractivity contribution is 7.80. The Hall–Kier alpha value is -3.17. The molecule has 5 rings (SSSR count). The van der Waals surface area contributed by atoms with Gasteiger partial charge in [-0.15, -0.1) is 0 Å². The molecule has 1 N–H and O–H groups in total. The SMILES string of the molecule is CC(C)(CC(=O)N1CCCC1C(=O)O)CN1C(=O)c2cc3oc(-c4ccc(Cl)cc4)cc3n2C1=S. The zero-order valence-electron chi connectivity index (χ0n) is 19.3. The first-order chi connectivity index (χ1) is 16.6. The van der Waals surface area contributed by atoms with E-state index in [1.165, 1.54) is 9.80 Å². The second kappa shape index (κ2) is 8.49. The minimum Gasteiger partial charge on any atom is -0.480 e. The van der Waals surface area contributed by atoms with Crippen LogP contribution in [-0.4, -0.2) is 61.5 Å². The Bertz CT molecular complexity index is 1370. The number of nitrogens with zero attached hydrogens (tertiary/aromatic N) is 3. The summed E-state index contributed by atoms with van der Waals surface area (Å²) in [5.41, 5.74) is 1.91. The summed E-state index contributed by atoms with van der Waals surface area (Å²) in [6.45, 7) is 4.43. The Kier molecular flexibility index (Phi) is 5.72. The van der Waals surface area contributed by atoms with Gasteiger partial charge in [-0.05, 0) is 54.7 Å². The molecule has 2 aliphatic rings. The molecule has 0 radical (unpaired) electrons. The molecular weight excluding hydrogens is 490 g/mol. The highest BCUT2D eigenvalue weighted by Crippen LogP contribution is 2.35. The fourth-order valence-electron chi connectivity index (χ4n) is 4.91. The topological polar surface area (TPSA) is 96.0 Å². The van der Waals surface area contributed by atoms with Gasteiger partial charge in [0, 0.05) is 42.2 Å². The van der Waals surface area contributed by atoms with Crippen LogP contribution in [0.15, 0.2) is 40.8 Å². The van der Waals surface area contributed by atoms with Gasteiger partial charge in [0.05, 0.1) is 5.52 Å². The lowest BCUT2D eigenvalue weighted by atomic mass is 9.88. The lowest BCUT2D eigenvalue weighted by Crippen LogP contribution is -2.45. The average Bonchev–Trinajstić information content (AvgIpc) is 3.53. The van der Waals surface area contributed by atoms with Gasteiger partial charge in [-0.2, -0.15) is 0 Å². The van der Waals surface area contributed by atoms with Gasteiger partial charge in [-0.25, -0.2) is 4.79 Å². The molecule has 1 saturated heterocycles. The van der Waals surface area contributed by atoms with Crippen molar-refractivity contribution >= 4 is 57.8 Å². The molecule has 1 aromatic carbocycles. The standard InChI is InChI=1S/C25H24ClN3O5S/c1-25(2,12-21(30)27-9-3-4-16(27)23(32)33)13-28-22(31)18-11-20-17(29(18)24(28)35)10-19(34-20)14-5-7-15(26)8-6-14/h5-8,10-11,16H,3-4,9,12-13H2,1-2H3,(H,32,33). The third kappa shape index (κ3) is 4.12. The van der Waals surface area contributed by atoms with Gasteiger partial charge in [0.25, 0.3) is 5.91 Å². The van der Waals surface area contributed by atoms with Crippen molar-refractivity contribution in [1.82, 2.24) is 14.4 Å². The summed E-state index contributed by atoms with van der Waals surface area (Å²) in [6.07, 6.45) is 1.25. The minimum atomic E-state index is -0.981. The molecule has 35 heavy (non-hydrogen) atoms. The summed E-state index contributed by atoms with van der Waals surface area (Å²) in [7, 11) is 0. The van der Waals surface area contributed by atoms with Crippen LogP contribution in [0.3, 0.4) is 0 Å². The Labute approximate surface area is 212 Å². The van der Waals surface area contributed by atoms with Gasteiger partial charge in [0.2, 0.25) is 5.91 Å². The van der Waals surface area contributed by atoms with E-state index in [1.54, 1.807) is 22.8 Å². The minimum absolute atomic E-state index is 0.111. The number of hydrogen-bond acceptors (Lipinski definition) is 5. The Morgan fingerprint density at radius 1 is 1.23 bits per heavy atom. The molecule has 3 aromatic rings. The van der Waals surface area contributed by atoms with E-state index < -0.39 is 17.4 Å². The molecule has 0 bridgehead atoms. The molecule has 0 aliphatic carbocycles. The van der Waals surface area contributed by atoms with Gasteiger partial charge < -0.3 is 14.4 Å². The summed E-state index contributed by atoms with van der Waals surface area (Å²) < 4.78 is 7.67. The number of amides is 2. The first kappa shape index (κ1) is 23.6. The van der Waals surface area contributed by atoms with E-state index in [-0.39, 0.29) is 24.8 Å². The number of halogens is 1. The molecule has 2 aromatic heterocycles. The van der Waals surface area contributed by atoms with Gasteiger partial charge >= 0.3 is 5.97 Å². The molecule has 8 nitrogen and oxygen atoms in total. The zero-order valence-corrected chi connectivity index (χ0v) is 20.9. The van der Waals surface area contributed by atoms with Gasteiger partial charge in [-0.3, -0.25) is 19.1 Å². The summed E-state index contributed by atoms with van der Waals surface area (Å²) in [5.74, 6) is -0.812. The molecule has 0 spiro atoms. The van der Waals surface area contributed by atoms with Gasteiger partial charge in [-0.1, -0.05) is 25.4 Å². The van der Waals surface area contributed by atoms with Crippen LogP contribution >= 0.6 is 23.8 Å². The van der Waals surface area contributed by atoms with E-state index in [4.69, 9.17) is 28.2 Å². The smallest absolute Gasteiger partial charge is 0.326 e. The van der Waals surface area contributed by atoms with E-state index in [1.807, 2.05) is 32.0 Å². The van der Waals surface area contributed by atoms with Crippen molar-refractivity contribution in [3.63, 3.8) is 0 Å². The van der Waals surface area contributed by atoms with E-state index in [0.717, 1.165) is 5.56 Å². The van der Waals surface area contributed by atoms with Gasteiger partial charge in [0.15, 0.2) is 10.7 Å². The van der Waals surface area contributed by atoms with Crippen LogP contribution in [0.1, 0.15) is 43.6 Å². The maximum atomic E-state index is 13.2. The fourth-order valence-corrected chi connectivity index (χ4v) is 5.38. The third-order valence-corrected chi connectivity index (χ3v) is 7.23. The van der Waals surface area contributed by atoms with Crippen molar-refractivity contribution in [2.45, 2.75) is 39.2 Å². The van der Waals surface area contributed by atoms with Crippen molar-refractivity contribution < 1.29 is 23.9 Å². The molecular formula is C25H24ClN3O5S.